The van der Waals surface area contributed by atoms with Crippen LogP contribution in [0.1, 0.15) is 20.3 Å². The molecule has 0 saturated carbocycles. The maximum absolute atomic E-state index is 11.7. The molecule has 0 unspecified atom stereocenters. The van der Waals surface area contributed by atoms with Crippen molar-refractivity contribution in [1.29, 1.82) is 0 Å². The fraction of sp³-hybridized carbons (Fsp3) is 0.857. The first-order chi connectivity index (χ1) is 4.57. The average molecular weight is 184 g/mol. The minimum absolute atomic E-state index is 0. The lowest BCUT2D eigenvalue weighted by Gasteiger charge is -2.09. The molecule has 0 rings (SSSR count). The fourth-order valence-electron chi connectivity index (χ4n) is 0.738. The zero-order valence-electron chi connectivity index (χ0n) is 6.84. The van der Waals surface area contributed by atoms with E-state index in [1.165, 1.54) is 0 Å². The van der Waals surface area contributed by atoms with Gasteiger partial charge in [-0.3, -0.25) is 4.79 Å². The number of hydrogen-bond acceptors (Lipinski definition) is 2. The highest BCUT2D eigenvalue weighted by molar-refractivity contribution is 5.85. The number of alkyl halides is 1. The minimum atomic E-state index is -0.937. The number of Topliss-reactive ketones (excluding diaryl/α,β-unsaturated/α-hetero) is 1. The van der Waals surface area contributed by atoms with Crippen LogP contribution in [0.2, 0.25) is 0 Å². The van der Waals surface area contributed by atoms with E-state index in [1.807, 2.05) is 13.8 Å². The second kappa shape index (κ2) is 6.55. The zero-order valence-corrected chi connectivity index (χ0v) is 7.66. The van der Waals surface area contributed by atoms with Gasteiger partial charge in [0.1, 0.15) is 6.67 Å². The van der Waals surface area contributed by atoms with Gasteiger partial charge in [0.05, 0.1) is 6.04 Å². The molecule has 0 spiro atoms. The summed E-state index contributed by atoms with van der Waals surface area (Å²) in [6.45, 7) is 2.96. The standard InChI is InChI=1S/C7H14FNO.ClH/c1-5(2)3-6(9)7(10)4-8;/h5-6H,3-4,9H2,1-2H3;1H/t6-;/m0./s1. The quantitative estimate of drug-likeness (QED) is 0.715. The van der Waals surface area contributed by atoms with E-state index in [9.17, 15) is 9.18 Å². The van der Waals surface area contributed by atoms with Crippen molar-refractivity contribution in [3.8, 4) is 0 Å². The van der Waals surface area contributed by atoms with Crippen LogP contribution in [-0.4, -0.2) is 18.5 Å². The number of rotatable bonds is 4. The molecule has 0 fully saturated rings. The predicted octanol–water partition coefficient (Wildman–Crippen LogP) is 1.32. The first kappa shape index (κ1) is 13.4. The maximum Gasteiger partial charge on any atom is 0.180 e. The molecule has 2 N–H and O–H groups in total. The Morgan fingerprint density at radius 2 is 2.00 bits per heavy atom. The van der Waals surface area contributed by atoms with Gasteiger partial charge >= 0.3 is 0 Å². The summed E-state index contributed by atoms with van der Waals surface area (Å²) >= 11 is 0. The van der Waals surface area contributed by atoms with Gasteiger partial charge in [-0.2, -0.15) is 0 Å². The molecular formula is C7H15ClFNO. The number of carbonyl (C=O) groups is 1. The molecule has 0 aliphatic heterocycles. The molecule has 0 amide bonds. The van der Waals surface area contributed by atoms with Crippen LogP contribution in [-0.2, 0) is 4.79 Å². The van der Waals surface area contributed by atoms with E-state index in [0.717, 1.165) is 0 Å². The number of halogens is 2. The van der Waals surface area contributed by atoms with Gasteiger partial charge in [-0.15, -0.1) is 12.4 Å². The van der Waals surface area contributed by atoms with Gasteiger partial charge < -0.3 is 5.73 Å². The lowest BCUT2D eigenvalue weighted by Crippen LogP contribution is -2.32. The highest BCUT2D eigenvalue weighted by Gasteiger charge is 2.13. The highest BCUT2D eigenvalue weighted by atomic mass is 35.5. The molecule has 0 saturated heterocycles. The van der Waals surface area contributed by atoms with Gasteiger partial charge in [0.2, 0.25) is 0 Å². The fourth-order valence-corrected chi connectivity index (χ4v) is 0.738. The topological polar surface area (TPSA) is 43.1 Å². The smallest absolute Gasteiger partial charge is 0.180 e. The third kappa shape index (κ3) is 6.26. The van der Waals surface area contributed by atoms with Crippen LogP contribution in [0.25, 0.3) is 0 Å². The molecule has 0 aromatic carbocycles. The van der Waals surface area contributed by atoms with Gasteiger partial charge in [-0.25, -0.2) is 4.39 Å². The van der Waals surface area contributed by atoms with Crippen molar-refractivity contribution in [2.24, 2.45) is 11.7 Å². The minimum Gasteiger partial charge on any atom is -0.321 e. The summed E-state index contributed by atoms with van der Waals surface area (Å²) in [4.78, 5) is 10.5. The lowest BCUT2D eigenvalue weighted by molar-refractivity contribution is -0.121. The van der Waals surface area contributed by atoms with E-state index in [0.29, 0.717) is 12.3 Å². The first-order valence-corrected chi connectivity index (χ1v) is 3.42. The van der Waals surface area contributed by atoms with E-state index in [1.54, 1.807) is 0 Å². The van der Waals surface area contributed by atoms with E-state index in [2.05, 4.69) is 0 Å². The van der Waals surface area contributed by atoms with Crippen LogP contribution in [0.5, 0.6) is 0 Å². The number of ketones is 1. The highest BCUT2D eigenvalue weighted by Crippen LogP contribution is 2.03. The lowest BCUT2D eigenvalue weighted by atomic mass is 10.0. The number of carbonyl (C=O) groups excluding carboxylic acids is 1. The molecule has 0 aromatic heterocycles. The van der Waals surface area contributed by atoms with Gasteiger partial charge in [0.25, 0.3) is 0 Å². The molecule has 0 radical (unpaired) electrons. The van der Waals surface area contributed by atoms with Crippen molar-refractivity contribution in [3.05, 3.63) is 0 Å². The Hall–Kier alpha value is -0.150. The van der Waals surface area contributed by atoms with Crippen LogP contribution in [0.15, 0.2) is 0 Å². The van der Waals surface area contributed by atoms with Crippen LogP contribution in [0.3, 0.4) is 0 Å². The van der Waals surface area contributed by atoms with E-state index < -0.39 is 18.5 Å². The summed E-state index contributed by atoms with van der Waals surface area (Å²) in [5, 5.41) is 0. The van der Waals surface area contributed by atoms with Crippen molar-refractivity contribution < 1.29 is 9.18 Å². The zero-order chi connectivity index (χ0) is 8.15. The van der Waals surface area contributed by atoms with Crippen LogP contribution in [0.4, 0.5) is 4.39 Å². The molecule has 2 nitrogen and oxygen atoms in total. The molecule has 11 heavy (non-hydrogen) atoms. The molecule has 0 aromatic rings. The third-order valence-electron chi connectivity index (χ3n) is 1.27. The Morgan fingerprint density at radius 1 is 1.55 bits per heavy atom. The molecule has 0 aliphatic rings. The summed E-state index contributed by atoms with van der Waals surface area (Å²) in [7, 11) is 0. The molecular weight excluding hydrogens is 169 g/mol. The van der Waals surface area contributed by atoms with E-state index in [-0.39, 0.29) is 12.4 Å². The third-order valence-corrected chi connectivity index (χ3v) is 1.27. The van der Waals surface area contributed by atoms with E-state index in [4.69, 9.17) is 5.73 Å². The normalized spacial score (nSPS) is 12.5. The van der Waals surface area contributed by atoms with Gasteiger partial charge in [0.15, 0.2) is 5.78 Å². The number of nitrogens with two attached hydrogens (primary N) is 1. The van der Waals surface area contributed by atoms with Crippen molar-refractivity contribution in [2.45, 2.75) is 26.3 Å². The Kier molecular flexibility index (Phi) is 8.01. The number of hydrogen-bond donors (Lipinski definition) is 1. The molecule has 0 aliphatic carbocycles. The molecule has 0 bridgehead atoms. The summed E-state index contributed by atoms with van der Waals surface area (Å²) in [6, 6.07) is -0.606. The molecule has 68 valence electrons. The van der Waals surface area contributed by atoms with Crippen LogP contribution in [0, 0.1) is 5.92 Å². The Morgan fingerprint density at radius 3 is 2.27 bits per heavy atom. The molecule has 4 heteroatoms. The second-order valence-electron chi connectivity index (χ2n) is 2.84. The van der Waals surface area contributed by atoms with Gasteiger partial charge in [-0.05, 0) is 12.3 Å². The predicted molar refractivity (Wildman–Crippen MR) is 45.7 cm³/mol. The SMILES string of the molecule is CC(C)C[C@H](N)C(=O)CF.Cl. The maximum atomic E-state index is 11.7. The Labute approximate surface area is 72.7 Å². The van der Waals surface area contributed by atoms with Crippen molar-refractivity contribution in [3.63, 3.8) is 0 Å². The Balaban J connectivity index is 0. The summed E-state index contributed by atoms with van der Waals surface area (Å²) in [5.74, 6) is -0.140. The molecule has 0 heterocycles. The summed E-state index contributed by atoms with van der Waals surface area (Å²) in [5.41, 5.74) is 5.34. The van der Waals surface area contributed by atoms with E-state index >= 15 is 0 Å². The largest absolute Gasteiger partial charge is 0.321 e. The average Bonchev–Trinajstić information content (AvgIpc) is 1.85. The monoisotopic (exact) mass is 183 g/mol. The van der Waals surface area contributed by atoms with Gasteiger partial charge in [-0.1, -0.05) is 13.8 Å². The van der Waals surface area contributed by atoms with Gasteiger partial charge in [0, 0.05) is 0 Å². The van der Waals surface area contributed by atoms with Crippen molar-refractivity contribution in [1.82, 2.24) is 0 Å². The second-order valence-corrected chi connectivity index (χ2v) is 2.84. The summed E-state index contributed by atoms with van der Waals surface area (Å²) < 4.78 is 11.7. The summed E-state index contributed by atoms with van der Waals surface area (Å²) in [6.07, 6.45) is 0.572. The van der Waals surface area contributed by atoms with Crippen LogP contribution < -0.4 is 5.73 Å². The Bertz CT molecular complexity index is 119. The first-order valence-electron chi connectivity index (χ1n) is 3.42. The van der Waals surface area contributed by atoms with Crippen molar-refractivity contribution in [2.75, 3.05) is 6.67 Å². The van der Waals surface area contributed by atoms with Crippen molar-refractivity contribution >= 4 is 18.2 Å². The van der Waals surface area contributed by atoms with Crippen LogP contribution >= 0.6 is 12.4 Å². The molecule has 1 atom stereocenters.